The largest absolute Gasteiger partial charge is 0.348 e. The van der Waals surface area contributed by atoms with Crippen molar-refractivity contribution in [1.82, 2.24) is 15.3 Å². The van der Waals surface area contributed by atoms with Crippen LogP contribution in [0.4, 0.5) is 4.39 Å². The van der Waals surface area contributed by atoms with Gasteiger partial charge >= 0.3 is 0 Å². The van der Waals surface area contributed by atoms with E-state index in [0.717, 1.165) is 11.0 Å². The van der Waals surface area contributed by atoms with Gasteiger partial charge in [-0.25, -0.2) is 9.37 Å². The van der Waals surface area contributed by atoms with Crippen molar-refractivity contribution in [1.29, 1.82) is 0 Å². The maximum absolute atomic E-state index is 13.5. The zero-order valence-electron chi connectivity index (χ0n) is 12.2. The summed E-state index contributed by atoms with van der Waals surface area (Å²) in [5, 5.41) is 2.63. The van der Waals surface area contributed by atoms with Crippen molar-refractivity contribution >= 4 is 23.0 Å². The lowest BCUT2D eigenvalue weighted by atomic mass is 10.2. The van der Waals surface area contributed by atoms with Crippen molar-refractivity contribution in [3.05, 3.63) is 77.9 Å². The lowest BCUT2D eigenvalue weighted by Gasteiger charge is -2.03. The number of carbonyl (C=O) groups excluding carboxylic acids is 1. The van der Waals surface area contributed by atoms with Crippen molar-refractivity contribution in [3.8, 4) is 0 Å². The Morgan fingerprint density at radius 3 is 2.65 bits per heavy atom. The Morgan fingerprint density at radius 1 is 1.09 bits per heavy atom. The van der Waals surface area contributed by atoms with Crippen molar-refractivity contribution in [2.24, 2.45) is 0 Å². The Bertz CT molecular complexity index is 877. The third kappa shape index (κ3) is 3.77. The summed E-state index contributed by atoms with van der Waals surface area (Å²) in [4.78, 5) is 20.5. The molecule has 0 unspecified atom stereocenters. The number of carbonyl (C=O) groups is 1. The molecule has 114 valence electrons. The molecule has 0 saturated carbocycles. The van der Waals surface area contributed by atoms with Gasteiger partial charge in [0, 0.05) is 18.2 Å². The number of nitrogens with one attached hydrogen (secondary N) is 1. The first-order chi connectivity index (χ1) is 11.2. The fourth-order valence-corrected chi connectivity index (χ4v) is 2.10. The molecule has 0 spiro atoms. The summed E-state index contributed by atoms with van der Waals surface area (Å²) < 4.78 is 13.5. The van der Waals surface area contributed by atoms with Gasteiger partial charge in [0.25, 0.3) is 0 Å². The summed E-state index contributed by atoms with van der Waals surface area (Å²) in [6.45, 7) is 0.138. The van der Waals surface area contributed by atoms with Gasteiger partial charge in [-0.2, -0.15) is 0 Å². The predicted molar refractivity (Wildman–Crippen MR) is 86.8 cm³/mol. The second-order valence-corrected chi connectivity index (χ2v) is 4.93. The fraction of sp³-hybridized carbons (Fsp3) is 0.0556. The Balaban J connectivity index is 1.64. The lowest BCUT2D eigenvalue weighted by Crippen LogP contribution is -2.20. The highest BCUT2D eigenvalue weighted by molar-refractivity contribution is 5.91. The summed E-state index contributed by atoms with van der Waals surface area (Å²) in [5.74, 6) is -0.652. The van der Waals surface area contributed by atoms with E-state index >= 15 is 0 Å². The van der Waals surface area contributed by atoms with Crippen LogP contribution < -0.4 is 5.32 Å². The van der Waals surface area contributed by atoms with Crippen LogP contribution in [0.3, 0.4) is 0 Å². The van der Waals surface area contributed by atoms with E-state index in [9.17, 15) is 9.18 Å². The van der Waals surface area contributed by atoms with Crippen LogP contribution in [0.1, 0.15) is 11.3 Å². The zero-order chi connectivity index (χ0) is 16.1. The zero-order valence-corrected chi connectivity index (χ0v) is 12.2. The lowest BCUT2D eigenvalue weighted by molar-refractivity contribution is -0.116. The van der Waals surface area contributed by atoms with E-state index < -0.39 is 0 Å². The first-order valence-corrected chi connectivity index (χ1v) is 7.13. The second kappa shape index (κ2) is 6.79. The first kappa shape index (κ1) is 14.8. The molecule has 1 N–H and O–H groups in total. The van der Waals surface area contributed by atoms with Gasteiger partial charge < -0.3 is 5.32 Å². The van der Waals surface area contributed by atoms with Gasteiger partial charge in [-0.3, -0.25) is 9.78 Å². The number of hydrogen-bond donors (Lipinski definition) is 1. The molecule has 0 radical (unpaired) electrons. The topological polar surface area (TPSA) is 54.9 Å². The predicted octanol–water partition coefficient (Wildman–Crippen LogP) is 3.10. The molecule has 0 aliphatic rings. The molecule has 0 atom stereocenters. The fourth-order valence-electron chi connectivity index (χ4n) is 2.10. The number of hydrogen-bond acceptors (Lipinski definition) is 3. The molecule has 0 fully saturated rings. The summed E-state index contributed by atoms with van der Waals surface area (Å²) in [5.41, 5.74) is 2.60. The van der Waals surface area contributed by atoms with Gasteiger partial charge in [0.2, 0.25) is 5.91 Å². The Kier molecular flexibility index (Phi) is 4.38. The van der Waals surface area contributed by atoms with Gasteiger partial charge in [0.1, 0.15) is 5.82 Å². The van der Waals surface area contributed by atoms with Crippen molar-refractivity contribution < 1.29 is 9.18 Å². The van der Waals surface area contributed by atoms with Crippen LogP contribution in [0.15, 0.2) is 60.8 Å². The Labute approximate surface area is 132 Å². The van der Waals surface area contributed by atoms with E-state index in [-0.39, 0.29) is 18.3 Å². The maximum atomic E-state index is 13.5. The third-order valence-corrected chi connectivity index (χ3v) is 3.28. The third-order valence-electron chi connectivity index (χ3n) is 3.28. The number of halogens is 1. The van der Waals surface area contributed by atoms with E-state index in [2.05, 4.69) is 15.3 Å². The minimum Gasteiger partial charge on any atom is -0.348 e. The second-order valence-electron chi connectivity index (χ2n) is 4.93. The van der Waals surface area contributed by atoms with E-state index in [1.807, 2.05) is 24.3 Å². The van der Waals surface area contributed by atoms with E-state index in [1.165, 1.54) is 12.1 Å². The molecule has 0 saturated heterocycles. The van der Waals surface area contributed by atoms with Gasteiger partial charge in [0.15, 0.2) is 0 Å². The molecular weight excluding hydrogens is 293 g/mol. The normalized spacial score (nSPS) is 11.0. The van der Waals surface area contributed by atoms with Crippen molar-refractivity contribution in [2.75, 3.05) is 0 Å². The molecule has 3 rings (SSSR count). The minimum atomic E-state index is -0.336. The summed E-state index contributed by atoms with van der Waals surface area (Å²) in [6.07, 6.45) is 4.54. The van der Waals surface area contributed by atoms with Crippen molar-refractivity contribution in [3.63, 3.8) is 0 Å². The smallest absolute Gasteiger partial charge is 0.244 e. The number of fused-ring (bicyclic) bond motifs is 1. The van der Waals surface area contributed by atoms with Crippen LogP contribution in [0.25, 0.3) is 17.1 Å². The van der Waals surface area contributed by atoms with Crippen molar-refractivity contribution in [2.45, 2.75) is 6.54 Å². The standard InChI is InChI=1S/C18H14FN3O/c19-15-6-2-1-5-13(15)11-21-18(23)10-9-14-12-20-16-7-3-4-8-17(16)22-14/h1-10,12H,11H2,(H,21,23)/b10-9+. The molecule has 2 aromatic carbocycles. The van der Waals surface area contributed by atoms with Crippen LogP contribution in [0.5, 0.6) is 0 Å². The van der Waals surface area contributed by atoms with E-state index in [0.29, 0.717) is 11.3 Å². The van der Waals surface area contributed by atoms with Crippen LogP contribution in [0, 0.1) is 5.82 Å². The number of aromatic nitrogens is 2. The molecule has 3 aromatic rings. The molecule has 4 nitrogen and oxygen atoms in total. The number of para-hydroxylation sites is 2. The quantitative estimate of drug-likeness (QED) is 0.754. The summed E-state index contributed by atoms with van der Waals surface area (Å²) in [6, 6.07) is 13.8. The highest BCUT2D eigenvalue weighted by atomic mass is 19.1. The van der Waals surface area contributed by atoms with E-state index in [1.54, 1.807) is 30.5 Å². The average Bonchev–Trinajstić information content (AvgIpc) is 2.59. The number of amides is 1. The molecular formula is C18H14FN3O. The van der Waals surface area contributed by atoms with Crippen LogP contribution in [0.2, 0.25) is 0 Å². The molecule has 1 aromatic heterocycles. The Morgan fingerprint density at radius 2 is 1.83 bits per heavy atom. The van der Waals surface area contributed by atoms with Crippen LogP contribution in [-0.4, -0.2) is 15.9 Å². The van der Waals surface area contributed by atoms with Crippen LogP contribution >= 0.6 is 0 Å². The maximum Gasteiger partial charge on any atom is 0.244 e. The highest BCUT2D eigenvalue weighted by Gasteiger charge is 2.02. The number of nitrogens with zero attached hydrogens (tertiary/aromatic N) is 2. The highest BCUT2D eigenvalue weighted by Crippen LogP contribution is 2.09. The molecule has 1 heterocycles. The van der Waals surface area contributed by atoms with Crippen LogP contribution in [-0.2, 0) is 11.3 Å². The van der Waals surface area contributed by atoms with Gasteiger partial charge in [-0.1, -0.05) is 30.3 Å². The molecule has 23 heavy (non-hydrogen) atoms. The Hall–Kier alpha value is -3.08. The summed E-state index contributed by atoms with van der Waals surface area (Å²) >= 11 is 0. The molecule has 0 aliphatic heterocycles. The minimum absolute atomic E-state index is 0.138. The van der Waals surface area contributed by atoms with Gasteiger partial charge in [-0.15, -0.1) is 0 Å². The summed E-state index contributed by atoms with van der Waals surface area (Å²) in [7, 11) is 0. The number of rotatable bonds is 4. The first-order valence-electron chi connectivity index (χ1n) is 7.13. The molecule has 5 heteroatoms. The number of benzene rings is 2. The monoisotopic (exact) mass is 307 g/mol. The van der Waals surface area contributed by atoms with E-state index in [4.69, 9.17) is 0 Å². The van der Waals surface area contributed by atoms with Gasteiger partial charge in [0.05, 0.1) is 22.9 Å². The SMILES string of the molecule is O=C(/C=C/c1cnc2ccccc2n1)NCc1ccccc1F. The van der Waals surface area contributed by atoms with Gasteiger partial charge in [-0.05, 0) is 24.3 Å². The molecule has 1 amide bonds. The molecule has 0 aliphatic carbocycles. The molecule has 0 bridgehead atoms. The average molecular weight is 307 g/mol.